The van der Waals surface area contributed by atoms with E-state index in [1.807, 2.05) is 78.9 Å². The van der Waals surface area contributed by atoms with Crippen molar-refractivity contribution in [2.24, 2.45) is 5.10 Å². The number of carbonyl (C=O) groups is 1. The Kier molecular flexibility index (Phi) is 6.16. The molecule has 0 saturated heterocycles. The van der Waals surface area contributed by atoms with Gasteiger partial charge < -0.3 is 14.5 Å². The highest BCUT2D eigenvalue weighted by atomic mass is 16.5. The first-order valence-corrected chi connectivity index (χ1v) is 11.3. The van der Waals surface area contributed by atoms with E-state index in [1.54, 1.807) is 7.11 Å². The molecule has 7 heteroatoms. The van der Waals surface area contributed by atoms with E-state index in [9.17, 15) is 9.59 Å². The number of carbonyl (C=O) groups excluding carboxylic acids is 1. The highest BCUT2D eigenvalue weighted by Gasteiger charge is 2.35. The second-order valence-corrected chi connectivity index (χ2v) is 8.33. The van der Waals surface area contributed by atoms with E-state index < -0.39 is 0 Å². The van der Waals surface area contributed by atoms with Crippen LogP contribution < -0.4 is 10.3 Å². The minimum Gasteiger partial charge on any atom is -0.497 e. The second kappa shape index (κ2) is 9.56. The van der Waals surface area contributed by atoms with E-state index in [0.717, 1.165) is 33.3 Å². The smallest absolute Gasteiger partial charge is 0.269 e. The average molecular weight is 468 g/mol. The molecule has 5 rings (SSSR count). The van der Waals surface area contributed by atoms with Gasteiger partial charge in [0.15, 0.2) is 0 Å². The van der Waals surface area contributed by atoms with Gasteiger partial charge in [-0.15, -0.1) is 0 Å². The zero-order valence-electron chi connectivity index (χ0n) is 19.5. The Morgan fingerprint density at radius 3 is 2.40 bits per heavy atom. The number of fused-ring (bicyclic) bond motifs is 1. The van der Waals surface area contributed by atoms with Crippen LogP contribution in [0.2, 0.25) is 0 Å². The Balaban J connectivity index is 1.68. The van der Waals surface area contributed by atoms with Crippen LogP contribution >= 0.6 is 0 Å². The molecular weight excluding hydrogens is 442 g/mol. The molecule has 1 aliphatic heterocycles. The van der Waals surface area contributed by atoms with Crippen molar-refractivity contribution in [3.05, 3.63) is 100 Å². The SMILES string of the molecule is COCC(=O)N1N=C(c2c(-c3ccccc3)c3ccccc3[nH]c2=O)C[C@H]1c1ccc(OC)cc1. The van der Waals surface area contributed by atoms with Crippen LogP contribution in [0.1, 0.15) is 23.6 Å². The lowest BCUT2D eigenvalue weighted by atomic mass is 9.91. The minimum atomic E-state index is -0.368. The van der Waals surface area contributed by atoms with E-state index in [-0.39, 0.29) is 24.1 Å². The summed E-state index contributed by atoms with van der Waals surface area (Å²) in [5.41, 5.74) is 4.15. The van der Waals surface area contributed by atoms with E-state index >= 15 is 0 Å². The molecule has 0 saturated carbocycles. The molecule has 2 heterocycles. The molecule has 1 N–H and O–H groups in total. The monoisotopic (exact) mass is 467 g/mol. The van der Waals surface area contributed by atoms with E-state index in [0.29, 0.717) is 17.7 Å². The number of hydrogen-bond donors (Lipinski definition) is 1. The fourth-order valence-corrected chi connectivity index (χ4v) is 4.59. The molecule has 1 amide bonds. The Bertz CT molecular complexity index is 1460. The highest BCUT2D eigenvalue weighted by Crippen LogP contribution is 2.37. The van der Waals surface area contributed by atoms with Crippen LogP contribution in [0, 0.1) is 0 Å². The third-order valence-electron chi connectivity index (χ3n) is 6.21. The van der Waals surface area contributed by atoms with Gasteiger partial charge in [-0.2, -0.15) is 5.10 Å². The number of H-pyrrole nitrogens is 1. The molecule has 3 aromatic carbocycles. The number of ether oxygens (including phenoxy) is 2. The summed E-state index contributed by atoms with van der Waals surface area (Å²) in [6.45, 7) is -0.108. The van der Waals surface area contributed by atoms with Gasteiger partial charge in [0.05, 0.1) is 24.4 Å². The first-order chi connectivity index (χ1) is 17.1. The normalized spacial score (nSPS) is 15.3. The molecule has 0 spiro atoms. The molecule has 0 unspecified atom stereocenters. The number of aromatic amines is 1. The van der Waals surface area contributed by atoms with Crippen molar-refractivity contribution in [2.45, 2.75) is 12.5 Å². The summed E-state index contributed by atoms with van der Waals surface area (Å²) >= 11 is 0. The quantitative estimate of drug-likeness (QED) is 0.452. The van der Waals surface area contributed by atoms with Crippen LogP contribution in [0.5, 0.6) is 5.75 Å². The predicted octanol–water partition coefficient (Wildman–Crippen LogP) is 4.53. The lowest BCUT2D eigenvalue weighted by Crippen LogP contribution is -2.30. The maximum atomic E-state index is 13.5. The summed E-state index contributed by atoms with van der Waals surface area (Å²) in [4.78, 5) is 29.4. The van der Waals surface area contributed by atoms with Gasteiger partial charge in [-0.25, -0.2) is 5.01 Å². The zero-order valence-corrected chi connectivity index (χ0v) is 19.5. The van der Waals surface area contributed by atoms with Crippen molar-refractivity contribution in [3.8, 4) is 16.9 Å². The summed E-state index contributed by atoms with van der Waals surface area (Å²) in [6.07, 6.45) is 0.392. The van der Waals surface area contributed by atoms with Gasteiger partial charge in [0, 0.05) is 30.0 Å². The average Bonchev–Trinajstić information content (AvgIpc) is 3.34. The number of nitrogens with one attached hydrogen (secondary N) is 1. The van der Waals surface area contributed by atoms with Gasteiger partial charge in [0.25, 0.3) is 11.5 Å². The molecule has 0 radical (unpaired) electrons. The van der Waals surface area contributed by atoms with Crippen molar-refractivity contribution < 1.29 is 14.3 Å². The number of hydrazone groups is 1. The number of hydrogen-bond acceptors (Lipinski definition) is 5. The molecule has 1 aliphatic rings. The van der Waals surface area contributed by atoms with Crippen LogP contribution in [-0.2, 0) is 9.53 Å². The molecule has 0 fully saturated rings. The number of benzene rings is 3. The Labute approximate surface area is 202 Å². The van der Waals surface area contributed by atoms with Crippen LogP contribution in [0.25, 0.3) is 22.0 Å². The molecule has 1 aromatic heterocycles. The molecular formula is C28H25N3O4. The van der Waals surface area contributed by atoms with Crippen molar-refractivity contribution >= 4 is 22.5 Å². The van der Waals surface area contributed by atoms with Crippen LogP contribution in [0.4, 0.5) is 0 Å². The largest absolute Gasteiger partial charge is 0.497 e. The molecule has 35 heavy (non-hydrogen) atoms. The summed E-state index contributed by atoms with van der Waals surface area (Å²) in [6, 6.07) is 24.7. The van der Waals surface area contributed by atoms with E-state index in [2.05, 4.69) is 4.98 Å². The Hall–Kier alpha value is -4.23. The van der Waals surface area contributed by atoms with Crippen LogP contribution in [0.15, 0.2) is 88.8 Å². The van der Waals surface area contributed by atoms with Gasteiger partial charge in [0.1, 0.15) is 12.4 Å². The maximum absolute atomic E-state index is 13.5. The van der Waals surface area contributed by atoms with Crippen molar-refractivity contribution in [2.75, 3.05) is 20.8 Å². The maximum Gasteiger partial charge on any atom is 0.269 e. The summed E-state index contributed by atoms with van der Waals surface area (Å²) in [5, 5.41) is 7.05. The predicted molar refractivity (Wildman–Crippen MR) is 136 cm³/mol. The number of amides is 1. The summed E-state index contributed by atoms with van der Waals surface area (Å²) < 4.78 is 10.4. The third kappa shape index (κ3) is 4.22. The standard InChI is InChI=1S/C28H25N3O4/c1-34-17-25(32)31-24(18-12-14-20(35-2)15-13-18)16-23(30-31)27-26(19-8-4-3-5-9-19)21-10-6-7-11-22(21)29-28(27)33/h3-15,24H,16-17H2,1-2H3,(H,29,33)/t24-/m0/s1. The van der Waals surface area contributed by atoms with Crippen molar-refractivity contribution in [1.29, 1.82) is 0 Å². The van der Waals surface area contributed by atoms with Crippen LogP contribution in [0.3, 0.4) is 0 Å². The first-order valence-electron chi connectivity index (χ1n) is 11.3. The van der Waals surface area contributed by atoms with Gasteiger partial charge >= 0.3 is 0 Å². The number of nitrogens with zero attached hydrogens (tertiary/aromatic N) is 2. The third-order valence-corrected chi connectivity index (χ3v) is 6.21. The topological polar surface area (TPSA) is 84.0 Å². The lowest BCUT2D eigenvalue weighted by molar-refractivity contribution is -0.137. The van der Waals surface area contributed by atoms with Crippen molar-refractivity contribution in [3.63, 3.8) is 0 Å². The second-order valence-electron chi connectivity index (χ2n) is 8.33. The minimum absolute atomic E-state index is 0.108. The van der Waals surface area contributed by atoms with Crippen LogP contribution in [-0.4, -0.2) is 42.4 Å². The van der Waals surface area contributed by atoms with E-state index in [4.69, 9.17) is 14.6 Å². The van der Waals surface area contributed by atoms with Gasteiger partial charge in [-0.05, 0) is 29.3 Å². The number of rotatable bonds is 6. The lowest BCUT2D eigenvalue weighted by Gasteiger charge is -2.21. The van der Waals surface area contributed by atoms with Gasteiger partial charge in [0.2, 0.25) is 0 Å². The molecule has 0 bridgehead atoms. The van der Waals surface area contributed by atoms with Gasteiger partial charge in [-0.1, -0.05) is 60.7 Å². The Morgan fingerprint density at radius 1 is 0.971 bits per heavy atom. The number of pyridine rings is 1. The molecule has 1 atom stereocenters. The number of para-hydroxylation sites is 1. The highest BCUT2D eigenvalue weighted by molar-refractivity contribution is 6.12. The number of methoxy groups -OCH3 is 2. The fraction of sp³-hybridized carbons (Fsp3) is 0.179. The summed E-state index contributed by atoms with van der Waals surface area (Å²) in [7, 11) is 3.08. The Morgan fingerprint density at radius 2 is 1.69 bits per heavy atom. The van der Waals surface area contributed by atoms with E-state index in [1.165, 1.54) is 12.1 Å². The molecule has 176 valence electrons. The zero-order chi connectivity index (χ0) is 24.4. The fourth-order valence-electron chi connectivity index (χ4n) is 4.59. The van der Waals surface area contributed by atoms with Crippen molar-refractivity contribution in [1.82, 2.24) is 9.99 Å². The van der Waals surface area contributed by atoms with Gasteiger partial charge in [-0.3, -0.25) is 9.59 Å². The molecule has 0 aliphatic carbocycles. The summed E-state index contributed by atoms with van der Waals surface area (Å²) in [5.74, 6) is 0.446. The number of aromatic nitrogens is 1. The first kappa shape index (κ1) is 22.6. The molecule has 4 aromatic rings. The molecule has 7 nitrogen and oxygen atoms in total.